The Bertz CT molecular complexity index is 1160. The van der Waals surface area contributed by atoms with Crippen LogP contribution in [-0.4, -0.2) is 30.0 Å². The summed E-state index contributed by atoms with van der Waals surface area (Å²) in [6, 6.07) is 10.1. The number of para-hydroxylation sites is 1. The number of phenols is 1. The second-order valence-electron chi connectivity index (χ2n) is 7.09. The summed E-state index contributed by atoms with van der Waals surface area (Å²) in [5.41, 5.74) is -0.360. The first-order chi connectivity index (χ1) is 14.2. The number of amides is 1. The Morgan fingerprint density at radius 1 is 1.10 bits per heavy atom. The van der Waals surface area contributed by atoms with Gasteiger partial charge in [0.1, 0.15) is 17.2 Å². The fourth-order valence-electron chi connectivity index (χ4n) is 3.13. The van der Waals surface area contributed by atoms with Gasteiger partial charge in [0.25, 0.3) is 16.8 Å². The van der Waals surface area contributed by atoms with Crippen molar-refractivity contribution >= 4 is 23.0 Å². The molecule has 3 rings (SSSR count). The van der Waals surface area contributed by atoms with Crippen molar-refractivity contribution in [2.24, 2.45) is 0 Å². The van der Waals surface area contributed by atoms with Crippen LogP contribution in [0, 0.1) is 5.82 Å². The molecule has 0 fully saturated rings. The predicted octanol–water partition coefficient (Wildman–Crippen LogP) is 3.63. The van der Waals surface area contributed by atoms with Crippen molar-refractivity contribution < 1.29 is 17.1 Å². The number of phenolic OH excluding ortho intramolecular Hbond substituents is 1. The van der Waals surface area contributed by atoms with Gasteiger partial charge in [0.2, 0.25) is 0 Å². The number of benzene rings is 2. The average Bonchev–Trinajstić information content (AvgIpc) is 2.74. The van der Waals surface area contributed by atoms with Crippen LogP contribution >= 0.6 is 0 Å². The van der Waals surface area contributed by atoms with Crippen LogP contribution in [0.25, 0.3) is 0 Å². The molecule has 0 aromatic heterocycles. The number of anilines is 3. The number of halogens is 1. The molecule has 0 radical (unpaired) electrons. The van der Waals surface area contributed by atoms with Crippen LogP contribution in [0.1, 0.15) is 38.2 Å². The smallest absolute Gasteiger partial charge is 0.257 e. The van der Waals surface area contributed by atoms with Gasteiger partial charge in [-0.1, -0.05) is 25.1 Å². The third kappa shape index (κ3) is 3.89. The first-order valence-electron chi connectivity index (χ1n) is 9.40. The highest BCUT2D eigenvalue weighted by Gasteiger charge is 2.25. The molecule has 160 valence electrons. The molecule has 30 heavy (non-hydrogen) atoms. The highest BCUT2D eigenvalue weighted by atomic mass is 19.1. The lowest BCUT2D eigenvalue weighted by Gasteiger charge is -2.22. The number of rotatable bonds is 7. The molecule has 1 atom stereocenters. The lowest BCUT2D eigenvalue weighted by Crippen LogP contribution is -2.37. The number of nitrogens with zero attached hydrogens (tertiary/aromatic N) is 1. The van der Waals surface area contributed by atoms with Gasteiger partial charge in [-0.3, -0.25) is 14.4 Å². The van der Waals surface area contributed by atoms with E-state index in [1.807, 2.05) is 6.92 Å². The number of carbonyl (C=O) groups excluding carboxylic acids is 1. The largest absolute Gasteiger partial charge is 0.505 e. The summed E-state index contributed by atoms with van der Waals surface area (Å²) in [5.74, 6) is -1.09. The summed E-state index contributed by atoms with van der Waals surface area (Å²) < 4.78 is 13.2. The van der Waals surface area contributed by atoms with Crippen molar-refractivity contribution in [2.45, 2.75) is 19.4 Å². The third-order valence-corrected chi connectivity index (χ3v) is 4.84. The molecule has 3 aromatic rings. The van der Waals surface area contributed by atoms with Gasteiger partial charge < -0.3 is 20.6 Å². The van der Waals surface area contributed by atoms with Gasteiger partial charge in [-0.2, -0.15) is 0 Å². The van der Waals surface area contributed by atoms with Crippen LogP contribution in [0.3, 0.4) is 0 Å². The van der Waals surface area contributed by atoms with Gasteiger partial charge in [-0.05, 0) is 36.2 Å². The molecule has 0 heterocycles. The monoisotopic (exact) mass is 415 g/mol. The van der Waals surface area contributed by atoms with E-state index >= 15 is 0 Å². The van der Waals surface area contributed by atoms with Gasteiger partial charge >= 0.3 is 0 Å². The van der Waals surface area contributed by atoms with E-state index in [1.54, 1.807) is 32.3 Å². The van der Waals surface area contributed by atoms with E-state index in [2.05, 4.69) is 10.6 Å². The molecule has 3 N–H and O–H groups in total. The Morgan fingerprint density at radius 3 is 2.33 bits per heavy atom. The Kier molecular flexibility index (Phi) is 5.86. The molecule has 7 nitrogen and oxygen atoms in total. The summed E-state index contributed by atoms with van der Waals surface area (Å²) in [6.07, 6.45) is 0.585. The van der Waals surface area contributed by atoms with Gasteiger partial charge in [-0.15, -0.1) is 0 Å². The van der Waals surface area contributed by atoms with Gasteiger partial charge in [0, 0.05) is 16.9 Å². The Labute approximate surface area is 175 Å². The lowest BCUT2D eigenvalue weighted by atomic mass is 10.0. The van der Waals surface area contributed by atoms with Crippen LogP contribution in [0.2, 0.25) is 0 Å². The van der Waals surface area contributed by atoms with E-state index in [-0.39, 0.29) is 43.1 Å². The molecule has 1 amide bonds. The van der Waals surface area contributed by atoms with Crippen molar-refractivity contribution in [1.29, 1.82) is 0 Å². The highest BCUT2D eigenvalue weighted by molar-refractivity contribution is 5.99. The summed E-state index contributed by atoms with van der Waals surface area (Å²) in [5, 5.41) is 16.3. The van der Waals surface area contributed by atoms with E-state index in [0.29, 0.717) is 6.42 Å². The Morgan fingerprint density at radius 2 is 1.73 bits per heavy atom. The molecular formula is C22H26FN3O4. The van der Waals surface area contributed by atoms with Gasteiger partial charge in [0.05, 0.1) is 17.3 Å². The lowest BCUT2D eigenvalue weighted by molar-refractivity contribution is 0.0824. The minimum Gasteiger partial charge on any atom is -0.505 e. The highest BCUT2D eigenvalue weighted by Crippen LogP contribution is 2.33. The minimum absolute atomic E-state index is 0. The molecule has 0 spiro atoms. The van der Waals surface area contributed by atoms with Crippen molar-refractivity contribution in [1.82, 2.24) is 4.90 Å². The topological polar surface area (TPSA) is 98.7 Å². The SMILES string of the molecule is CC[C@@H](Nc1c(Nc2cccc(C(=O)N(C)C)c2O)c(=O)c1=O)c1ccc(F)cc1.[HH].[HH]. The maximum absolute atomic E-state index is 13.2. The molecule has 0 bridgehead atoms. The van der Waals surface area contributed by atoms with E-state index in [4.69, 9.17) is 0 Å². The molecule has 3 aromatic carbocycles. The predicted molar refractivity (Wildman–Crippen MR) is 118 cm³/mol. The quantitative estimate of drug-likeness (QED) is 0.403. The fourth-order valence-corrected chi connectivity index (χ4v) is 3.13. The maximum atomic E-state index is 13.2. The van der Waals surface area contributed by atoms with Crippen molar-refractivity contribution in [2.75, 3.05) is 24.7 Å². The molecule has 0 aliphatic rings. The molecule has 0 unspecified atom stereocenters. The second-order valence-corrected chi connectivity index (χ2v) is 7.09. The molecule has 0 aliphatic heterocycles. The van der Waals surface area contributed by atoms with Crippen molar-refractivity contribution in [3.8, 4) is 5.75 Å². The van der Waals surface area contributed by atoms with Crippen LogP contribution < -0.4 is 21.5 Å². The second kappa shape index (κ2) is 8.36. The summed E-state index contributed by atoms with van der Waals surface area (Å²) >= 11 is 0. The van der Waals surface area contributed by atoms with E-state index in [1.165, 1.54) is 29.2 Å². The zero-order valence-electron chi connectivity index (χ0n) is 16.8. The standard InChI is InChI=1S/C22H22FN3O4.2H2/c1-4-15(12-8-10-13(23)11-9-12)24-17-18(21(29)20(17)28)25-16-7-5-6-14(19(16)27)22(30)26(2)3;;/h5-11,15,24-25,27H,4H2,1-3H3;2*1H/t15-;;/m1../s1. The zero-order valence-corrected chi connectivity index (χ0v) is 16.8. The zero-order chi connectivity index (χ0) is 22.0. The van der Waals surface area contributed by atoms with Crippen molar-refractivity contribution in [3.63, 3.8) is 0 Å². The third-order valence-electron chi connectivity index (χ3n) is 4.84. The molecular weight excluding hydrogens is 389 g/mol. The van der Waals surface area contributed by atoms with Gasteiger partial charge in [-0.25, -0.2) is 4.39 Å². The Balaban J connectivity index is 0.00000256. The van der Waals surface area contributed by atoms with E-state index < -0.39 is 16.8 Å². The Hall–Kier alpha value is -3.68. The first kappa shape index (κ1) is 21.0. The summed E-state index contributed by atoms with van der Waals surface area (Å²) in [7, 11) is 3.11. The number of hydrogen-bond donors (Lipinski definition) is 3. The number of hydrogen-bond acceptors (Lipinski definition) is 6. The van der Waals surface area contributed by atoms with Crippen LogP contribution in [-0.2, 0) is 0 Å². The normalized spacial score (nSPS) is 11.9. The van der Waals surface area contributed by atoms with E-state index in [9.17, 15) is 23.9 Å². The summed E-state index contributed by atoms with van der Waals surface area (Å²) in [4.78, 5) is 37.8. The summed E-state index contributed by atoms with van der Waals surface area (Å²) in [6.45, 7) is 1.89. The molecule has 8 heteroatoms. The average molecular weight is 415 g/mol. The molecule has 0 saturated heterocycles. The molecule has 0 aliphatic carbocycles. The maximum Gasteiger partial charge on any atom is 0.257 e. The van der Waals surface area contributed by atoms with Gasteiger partial charge in [0.15, 0.2) is 5.75 Å². The molecule has 0 saturated carbocycles. The fraction of sp³-hybridized carbons (Fsp3) is 0.227. The number of nitrogens with one attached hydrogen (secondary N) is 2. The van der Waals surface area contributed by atoms with E-state index in [0.717, 1.165) is 5.56 Å². The minimum atomic E-state index is -0.727. The van der Waals surface area contributed by atoms with Crippen LogP contribution in [0.5, 0.6) is 5.75 Å². The number of carbonyl (C=O) groups is 1. The van der Waals surface area contributed by atoms with Crippen LogP contribution in [0.4, 0.5) is 21.5 Å². The van der Waals surface area contributed by atoms with Crippen molar-refractivity contribution in [3.05, 3.63) is 79.9 Å². The first-order valence-corrected chi connectivity index (χ1v) is 9.40. The number of aromatic hydroxyl groups is 1. The van der Waals surface area contributed by atoms with Crippen LogP contribution in [0.15, 0.2) is 52.1 Å².